The fourth-order valence-electron chi connectivity index (χ4n) is 1.24. The molecule has 0 aromatic carbocycles. The molecule has 2 nitrogen and oxygen atoms in total. The van der Waals surface area contributed by atoms with Crippen molar-refractivity contribution in [3.05, 3.63) is 12.7 Å². The summed E-state index contributed by atoms with van der Waals surface area (Å²) >= 11 is 0. The van der Waals surface area contributed by atoms with Gasteiger partial charge in [0.2, 0.25) is 0 Å². The Morgan fingerprint density at radius 3 is 3.00 bits per heavy atom. The number of hydrogen-bond acceptors (Lipinski definition) is 2. The van der Waals surface area contributed by atoms with Crippen molar-refractivity contribution in [2.45, 2.75) is 31.5 Å². The molecule has 0 bridgehead atoms. The molecule has 58 valence electrons. The van der Waals surface area contributed by atoms with E-state index in [9.17, 15) is 0 Å². The lowest BCUT2D eigenvalue weighted by atomic mass is 10.0. The van der Waals surface area contributed by atoms with E-state index in [0.29, 0.717) is 0 Å². The zero-order valence-electron chi connectivity index (χ0n) is 6.12. The maximum atomic E-state index is 8.75. The summed E-state index contributed by atoms with van der Waals surface area (Å²) in [5.74, 6) is 0. The smallest absolute Gasteiger partial charge is 0.0813 e. The van der Waals surface area contributed by atoms with Crippen molar-refractivity contribution in [3.63, 3.8) is 0 Å². The van der Waals surface area contributed by atoms with Gasteiger partial charge in [-0.2, -0.15) is 0 Å². The van der Waals surface area contributed by atoms with Crippen LogP contribution in [0.25, 0.3) is 0 Å². The van der Waals surface area contributed by atoms with Gasteiger partial charge in [-0.3, -0.25) is 0 Å². The van der Waals surface area contributed by atoms with E-state index in [1.54, 1.807) is 0 Å². The lowest BCUT2D eigenvalue weighted by Gasteiger charge is -2.26. The number of hydrogen-bond donors (Lipinski definition) is 1. The first-order valence-electron chi connectivity index (χ1n) is 3.75. The fourth-order valence-corrected chi connectivity index (χ4v) is 1.24. The quantitative estimate of drug-likeness (QED) is 0.585. The minimum atomic E-state index is 0.0525. The van der Waals surface area contributed by atoms with E-state index in [-0.39, 0.29) is 18.8 Å². The van der Waals surface area contributed by atoms with Crippen LogP contribution in [0.3, 0.4) is 0 Å². The van der Waals surface area contributed by atoms with Gasteiger partial charge in [-0.05, 0) is 19.3 Å². The molecule has 0 aliphatic carbocycles. The molecule has 2 atom stereocenters. The fraction of sp³-hybridized carbons (Fsp3) is 0.750. The molecule has 1 aliphatic heterocycles. The third-order valence-electron chi connectivity index (χ3n) is 1.85. The normalized spacial score (nSPS) is 33.7. The Balaban J connectivity index is 2.31. The summed E-state index contributed by atoms with van der Waals surface area (Å²) in [7, 11) is 0. The predicted octanol–water partition coefficient (Wildman–Crippen LogP) is 1.10. The molecule has 1 fully saturated rings. The Morgan fingerprint density at radius 2 is 2.40 bits per heavy atom. The van der Waals surface area contributed by atoms with Gasteiger partial charge in [0, 0.05) is 0 Å². The van der Waals surface area contributed by atoms with Crippen LogP contribution in [-0.2, 0) is 4.74 Å². The second kappa shape index (κ2) is 3.74. The first-order valence-corrected chi connectivity index (χ1v) is 3.75. The highest BCUT2D eigenvalue weighted by atomic mass is 16.5. The van der Waals surface area contributed by atoms with E-state index >= 15 is 0 Å². The number of aliphatic hydroxyl groups is 1. The van der Waals surface area contributed by atoms with E-state index in [1.165, 1.54) is 0 Å². The van der Waals surface area contributed by atoms with Crippen LogP contribution in [0.15, 0.2) is 12.7 Å². The summed E-state index contributed by atoms with van der Waals surface area (Å²) in [6.45, 7) is 3.79. The monoisotopic (exact) mass is 142 g/mol. The molecule has 1 N–H and O–H groups in total. The number of rotatable bonds is 2. The maximum Gasteiger partial charge on any atom is 0.0813 e. The van der Waals surface area contributed by atoms with E-state index in [1.807, 2.05) is 6.08 Å². The molecule has 0 radical (unpaired) electrons. The maximum absolute atomic E-state index is 8.75. The van der Waals surface area contributed by atoms with Crippen molar-refractivity contribution in [3.8, 4) is 0 Å². The summed E-state index contributed by atoms with van der Waals surface area (Å²) in [5.41, 5.74) is 0. The minimum Gasteiger partial charge on any atom is -0.394 e. The van der Waals surface area contributed by atoms with Crippen molar-refractivity contribution >= 4 is 0 Å². The lowest BCUT2D eigenvalue weighted by molar-refractivity contribution is -0.0508. The second-order valence-electron chi connectivity index (χ2n) is 2.65. The first-order chi connectivity index (χ1) is 4.86. The average Bonchev–Trinajstić information content (AvgIpc) is 2.05. The third kappa shape index (κ3) is 1.82. The highest BCUT2D eigenvalue weighted by Crippen LogP contribution is 2.18. The van der Waals surface area contributed by atoms with Crippen molar-refractivity contribution in [1.29, 1.82) is 0 Å². The average molecular weight is 142 g/mol. The van der Waals surface area contributed by atoms with Crippen LogP contribution in [0.2, 0.25) is 0 Å². The summed E-state index contributed by atoms with van der Waals surface area (Å²) in [5, 5.41) is 8.75. The van der Waals surface area contributed by atoms with Gasteiger partial charge in [-0.15, -0.1) is 6.58 Å². The minimum absolute atomic E-state index is 0.0525. The van der Waals surface area contributed by atoms with Crippen LogP contribution in [0.4, 0.5) is 0 Å². The van der Waals surface area contributed by atoms with E-state index in [2.05, 4.69) is 6.58 Å². The van der Waals surface area contributed by atoms with Gasteiger partial charge >= 0.3 is 0 Å². The van der Waals surface area contributed by atoms with Crippen molar-refractivity contribution in [2.75, 3.05) is 6.61 Å². The molecule has 0 unspecified atom stereocenters. The van der Waals surface area contributed by atoms with Crippen molar-refractivity contribution in [1.82, 2.24) is 0 Å². The molecular weight excluding hydrogens is 128 g/mol. The summed E-state index contributed by atoms with van der Waals surface area (Å²) in [6.07, 6.45) is 5.22. The van der Waals surface area contributed by atoms with Crippen LogP contribution in [0.1, 0.15) is 19.3 Å². The predicted molar refractivity (Wildman–Crippen MR) is 39.8 cm³/mol. The highest BCUT2D eigenvalue weighted by molar-refractivity contribution is 4.84. The Kier molecular flexibility index (Phi) is 2.90. The molecular formula is C8H14O2. The molecule has 2 heteroatoms. The van der Waals surface area contributed by atoms with Crippen LogP contribution in [-0.4, -0.2) is 23.9 Å². The summed E-state index contributed by atoms with van der Waals surface area (Å²) in [4.78, 5) is 0. The molecule has 0 aromatic rings. The van der Waals surface area contributed by atoms with Gasteiger partial charge in [0.15, 0.2) is 0 Å². The van der Waals surface area contributed by atoms with Crippen LogP contribution in [0, 0.1) is 0 Å². The van der Waals surface area contributed by atoms with E-state index in [0.717, 1.165) is 19.3 Å². The van der Waals surface area contributed by atoms with Gasteiger partial charge in [0.1, 0.15) is 0 Å². The standard InChI is InChI=1S/C8H14O2/c1-2-7-4-3-5-8(6-9)10-7/h2,7-9H,1,3-6H2/t7-,8-/m0/s1. The Hall–Kier alpha value is -0.340. The zero-order valence-corrected chi connectivity index (χ0v) is 6.12. The zero-order chi connectivity index (χ0) is 7.40. The summed E-state index contributed by atoms with van der Waals surface area (Å²) in [6, 6.07) is 0. The molecule has 1 rings (SSSR count). The van der Waals surface area contributed by atoms with Crippen molar-refractivity contribution in [2.24, 2.45) is 0 Å². The Bertz CT molecular complexity index is 112. The van der Waals surface area contributed by atoms with Crippen molar-refractivity contribution < 1.29 is 9.84 Å². The van der Waals surface area contributed by atoms with E-state index < -0.39 is 0 Å². The summed E-state index contributed by atoms with van der Waals surface area (Å²) < 4.78 is 5.42. The Morgan fingerprint density at radius 1 is 1.60 bits per heavy atom. The molecule has 1 aliphatic rings. The molecule has 0 aromatic heterocycles. The van der Waals surface area contributed by atoms with E-state index in [4.69, 9.17) is 9.84 Å². The van der Waals surface area contributed by atoms with Crippen LogP contribution in [0.5, 0.6) is 0 Å². The van der Waals surface area contributed by atoms with Crippen LogP contribution < -0.4 is 0 Å². The first kappa shape index (κ1) is 7.76. The molecule has 1 saturated heterocycles. The van der Waals surface area contributed by atoms with Gasteiger partial charge in [-0.25, -0.2) is 0 Å². The Labute approximate surface area is 61.5 Å². The van der Waals surface area contributed by atoms with Gasteiger partial charge in [0.25, 0.3) is 0 Å². The van der Waals surface area contributed by atoms with Crippen LogP contribution >= 0.6 is 0 Å². The number of aliphatic hydroxyl groups excluding tert-OH is 1. The highest BCUT2D eigenvalue weighted by Gasteiger charge is 2.18. The third-order valence-corrected chi connectivity index (χ3v) is 1.85. The molecule has 0 saturated carbocycles. The lowest BCUT2D eigenvalue weighted by Crippen LogP contribution is -2.28. The largest absolute Gasteiger partial charge is 0.394 e. The SMILES string of the molecule is C=C[C@H]1CCC[C@@H](CO)O1. The van der Waals surface area contributed by atoms with Gasteiger partial charge in [0.05, 0.1) is 18.8 Å². The molecule has 1 heterocycles. The molecule has 10 heavy (non-hydrogen) atoms. The molecule has 0 spiro atoms. The second-order valence-corrected chi connectivity index (χ2v) is 2.65. The van der Waals surface area contributed by atoms with Gasteiger partial charge < -0.3 is 9.84 Å². The van der Waals surface area contributed by atoms with Gasteiger partial charge in [-0.1, -0.05) is 6.08 Å². The molecule has 0 amide bonds. The number of ether oxygens (including phenoxy) is 1. The topological polar surface area (TPSA) is 29.5 Å².